The average Bonchev–Trinajstić information content (AvgIpc) is 3.22. The highest BCUT2D eigenvalue weighted by Gasteiger charge is 2.16. The number of hydrogen-bond acceptors (Lipinski definition) is 4. The van der Waals surface area contributed by atoms with E-state index >= 15 is 0 Å². The topological polar surface area (TPSA) is 59.8 Å². The van der Waals surface area contributed by atoms with Crippen LogP contribution in [-0.4, -0.2) is 26.4 Å². The summed E-state index contributed by atoms with van der Waals surface area (Å²) in [5.41, 5.74) is 5.33. The number of rotatable bonds is 8. The van der Waals surface area contributed by atoms with Crippen molar-refractivity contribution in [2.24, 2.45) is 0 Å². The molecule has 6 heteroatoms. The lowest BCUT2D eigenvalue weighted by Gasteiger charge is -2.11. The summed E-state index contributed by atoms with van der Waals surface area (Å²) in [4.78, 5) is 12.6. The van der Waals surface area contributed by atoms with Crippen molar-refractivity contribution in [1.29, 1.82) is 0 Å². The highest BCUT2D eigenvalue weighted by molar-refractivity contribution is 7.99. The molecule has 0 atom stereocenters. The van der Waals surface area contributed by atoms with Crippen LogP contribution in [0.3, 0.4) is 0 Å². The Kier molecular flexibility index (Phi) is 7.02. The number of carbonyl (C=O) groups is 1. The minimum atomic E-state index is -0.0615. The third-order valence-corrected chi connectivity index (χ3v) is 6.15. The number of benzene rings is 3. The summed E-state index contributed by atoms with van der Waals surface area (Å²) >= 11 is 1.40. The Balaban J connectivity index is 1.51. The Morgan fingerprint density at radius 2 is 1.59 bits per heavy atom. The van der Waals surface area contributed by atoms with Gasteiger partial charge in [-0.25, -0.2) is 0 Å². The summed E-state index contributed by atoms with van der Waals surface area (Å²) in [6.07, 6.45) is 1.64. The van der Waals surface area contributed by atoms with E-state index in [2.05, 4.69) is 63.4 Å². The van der Waals surface area contributed by atoms with Gasteiger partial charge in [0, 0.05) is 17.8 Å². The number of hydrogen-bond donors (Lipinski definition) is 1. The molecule has 0 saturated carbocycles. The predicted molar refractivity (Wildman–Crippen MR) is 130 cm³/mol. The van der Waals surface area contributed by atoms with Crippen molar-refractivity contribution in [3.63, 3.8) is 0 Å². The normalized spacial score (nSPS) is 10.8. The molecule has 1 heterocycles. The highest BCUT2D eigenvalue weighted by atomic mass is 32.2. The van der Waals surface area contributed by atoms with E-state index in [9.17, 15) is 4.79 Å². The molecule has 0 bridgehead atoms. The Bertz CT molecular complexity index is 1190. The Labute approximate surface area is 192 Å². The first-order valence-electron chi connectivity index (χ1n) is 10.6. The second-order valence-electron chi connectivity index (χ2n) is 7.71. The van der Waals surface area contributed by atoms with Crippen LogP contribution in [0.2, 0.25) is 0 Å². The van der Waals surface area contributed by atoms with Gasteiger partial charge in [-0.1, -0.05) is 78.0 Å². The molecule has 162 valence electrons. The van der Waals surface area contributed by atoms with Crippen LogP contribution in [0.4, 0.5) is 5.69 Å². The lowest BCUT2D eigenvalue weighted by atomic mass is 10.1. The Hall–Kier alpha value is -3.38. The fourth-order valence-corrected chi connectivity index (χ4v) is 4.21. The molecule has 4 aromatic rings. The second kappa shape index (κ2) is 10.3. The molecule has 1 amide bonds. The molecule has 4 rings (SSSR count). The van der Waals surface area contributed by atoms with Crippen molar-refractivity contribution in [3.8, 4) is 5.69 Å². The van der Waals surface area contributed by atoms with Crippen LogP contribution < -0.4 is 5.32 Å². The summed E-state index contributed by atoms with van der Waals surface area (Å²) < 4.78 is 2.06. The van der Waals surface area contributed by atoms with Crippen LogP contribution in [0.15, 0.2) is 84.0 Å². The zero-order valence-electron chi connectivity index (χ0n) is 18.3. The summed E-state index contributed by atoms with van der Waals surface area (Å²) in [5.74, 6) is 1.09. The maximum Gasteiger partial charge on any atom is 0.234 e. The van der Waals surface area contributed by atoms with Crippen LogP contribution >= 0.6 is 11.8 Å². The van der Waals surface area contributed by atoms with Gasteiger partial charge in [-0.05, 0) is 49.6 Å². The smallest absolute Gasteiger partial charge is 0.234 e. The third-order valence-electron chi connectivity index (χ3n) is 5.22. The van der Waals surface area contributed by atoms with Crippen LogP contribution in [0.5, 0.6) is 0 Å². The summed E-state index contributed by atoms with van der Waals surface area (Å²) in [6.45, 7) is 4.05. The molecule has 0 unspecified atom stereocenters. The molecule has 5 nitrogen and oxygen atoms in total. The first-order valence-corrected chi connectivity index (χ1v) is 11.6. The van der Waals surface area contributed by atoms with Crippen molar-refractivity contribution in [1.82, 2.24) is 14.8 Å². The predicted octanol–water partition coefficient (Wildman–Crippen LogP) is 5.40. The molecule has 0 aliphatic rings. The number of anilines is 1. The summed E-state index contributed by atoms with van der Waals surface area (Å²) in [7, 11) is 0. The first-order chi connectivity index (χ1) is 15.6. The van der Waals surface area contributed by atoms with E-state index in [4.69, 9.17) is 0 Å². The molecule has 32 heavy (non-hydrogen) atoms. The Morgan fingerprint density at radius 1 is 0.875 bits per heavy atom. The molecule has 0 spiro atoms. The van der Waals surface area contributed by atoms with Crippen molar-refractivity contribution in [3.05, 3.63) is 101 Å². The highest BCUT2D eigenvalue weighted by Crippen LogP contribution is 2.24. The lowest BCUT2D eigenvalue weighted by Crippen LogP contribution is -2.15. The fourth-order valence-electron chi connectivity index (χ4n) is 3.44. The number of amides is 1. The van der Waals surface area contributed by atoms with Gasteiger partial charge >= 0.3 is 0 Å². The number of thioether (sulfide) groups is 1. The zero-order chi connectivity index (χ0) is 22.3. The number of carbonyl (C=O) groups excluding carboxylic acids is 1. The quantitative estimate of drug-likeness (QED) is 0.371. The minimum Gasteiger partial charge on any atom is -0.325 e. The van der Waals surface area contributed by atoms with Crippen molar-refractivity contribution in [2.75, 3.05) is 11.1 Å². The molecule has 0 radical (unpaired) electrons. The van der Waals surface area contributed by atoms with E-state index in [-0.39, 0.29) is 11.7 Å². The van der Waals surface area contributed by atoms with E-state index < -0.39 is 0 Å². The fraction of sp³-hybridized carbons (Fsp3) is 0.192. The van der Waals surface area contributed by atoms with Crippen molar-refractivity contribution >= 4 is 23.4 Å². The maximum absolute atomic E-state index is 12.6. The molecule has 1 aromatic heterocycles. The monoisotopic (exact) mass is 442 g/mol. The van der Waals surface area contributed by atoms with Crippen LogP contribution in [0, 0.1) is 13.8 Å². The number of aromatic nitrogens is 3. The molecular formula is C26H26N4OS. The second-order valence-corrected chi connectivity index (χ2v) is 8.65. The van der Waals surface area contributed by atoms with E-state index in [0.717, 1.165) is 40.8 Å². The standard InChI is InChI=1S/C26H26N4OS/c1-19-12-15-22(16-13-19)30-24(17-14-21-9-4-3-5-10-21)28-29-26(30)32-18-25(31)27-23-11-7-6-8-20(23)2/h3-13,15-16H,14,17-18H2,1-2H3,(H,27,31). The summed E-state index contributed by atoms with van der Waals surface area (Å²) in [6, 6.07) is 26.4. The Morgan fingerprint density at radius 3 is 2.34 bits per heavy atom. The lowest BCUT2D eigenvalue weighted by molar-refractivity contribution is -0.113. The number of aryl methyl sites for hydroxylation is 4. The van der Waals surface area contributed by atoms with Gasteiger partial charge in [0.25, 0.3) is 0 Å². The molecular weight excluding hydrogens is 416 g/mol. The SMILES string of the molecule is Cc1ccc(-n2c(CCc3ccccc3)nnc2SCC(=O)Nc2ccccc2C)cc1. The number of nitrogens with zero attached hydrogens (tertiary/aromatic N) is 3. The van der Waals surface area contributed by atoms with Gasteiger partial charge in [0.2, 0.25) is 5.91 Å². The average molecular weight is 443 g/mol. The third kappa shape index (κ3) is 5.45. The maximum atomic E-state index is 12.6. The van der Waals surface area contributed by atoms with Gasteiger partial charge in [-0.3, -0.25) is 9.36 Å². The van der Waals surface area contributed by atoms with Gasteiger partial charge < -0.3 is 5.32 Å². The van der Waals surface area contributed by atoms with Crippen molar-refractivity contribution < 1.29 is 4.79 Å². The largest absolute Gasteiger partial charge is 0.325 e. The molecule has 0 aliphatic carbocycles. The van der Waals surface area contributed by atoms with E-state index in [1.54, 1.807) is 0 Å². The molecule has 0 saturated heterocycles. The number of nitrogens with one attached hydrogen (secondary N) is 1. The van der Waals surface area contributed by atoms with Gasteiger partial charge in [0.15, 0.2) is 5.16 Å². The molecule has 1 N–H and O–H groups in total. The summed E-state index contributed by atoms with van der Waals surface area (Å²) in [5, 5.41) is 12.6. The number of para-hydroxylation sites is 1. The van der Waals surface area contributed by atoms with Crippen LogP contribution in [-0.2, 0) is 17.6 Å². The molecule has 3 aromatic carbocycles. The minimum absolute atomic E-state index is 0.0615. The van der Waals surface area contributed by atoms with Gasteiger partial charge in [0.05, 0.1) is 5.75 Å². The molecule has 0 fully saturated rings. The zero-order valence-corrected chi connectivity index (χ0v) is 19.1. The van der Waals surface area contributed by atoms with Crippen LogP contribution in [0.25, 0.3) is 5.69 Å². The first kappa shape index (κ1) is 21.8. The van der Waals surface area contributed by atoms with E-state index in [1.807, 2.05) is 49.4 Å². The van der Waals surface area contributed by atoms with Crippen LogP contribution in [0.1, 0.15) is 22.5 Å². The van der Waals surface area contributed by atoms with Gasteiger partial charge in [-0.2, -0.15) is 0 Å². The molecule has 0 aliphatic heterocycles. The van der Waals surface area contributed by atoms with E-state index in [0.29, 0.717) is 0 Å². The van der Waals surface area contributed by atoms with Gasteiger partial charge in [0.1, 0.15) is 5.82 Å². The van der Waals surface area contributed by atoms with Gasteiger partial charge in [-0.15, -0.1) is 10.2 Å². The van der Waals surface area contributed by atoms with E-state index in [1.165, 1.54) is 22.9 Å². The van der Waals surface area contributed by atoms with Crippen molar-refractivity contribution in [2.45, 2.75) is 31.8 Å².